The number of aromatic nitrogens is 1. The zero-order valence-electron chi connectivity index (χ0n) is 14.4. The van der Waals surface area contributed by atoms with E-state index in [4.69, 9.17) is 0 Å². The van der Waals surface area contributed by atoms with Gasteiger partial charge in [0.2, 0.25) is 0 Å². The molecule has 0 aliphatic carbocycles. The second kappa shape index (κ2) is 8.92. The van der Waals surface area contributed by atoms with Crippen molar-refractivity contribution >= 4 is 11.8 Å². The Labute approximate surface area is 146 Å². The summed E-state index contributed by atoms with van der Waals surface area (Å²) in [4.78, 5) is 28.3. The maximum absolute atomic E-state index is 12.9. The van der Waals surface area contributed by atoms with Gasteiger partial charge in [0.15, 0.2) is 0 Å². The highest BCUT2D eigenvalue weighted by molar-refractivity contribution is 5.99. The van der Waals surface area contributed by atoms with Crippen molar-refractivity contribution in [3.05, 3.63) is 65.2 Å². The van der Waals surface area contributed by atoms with Crippen LogP contribution < -0.4 is 10.6 Å². The van der Waals surface area contributed by atoms with Crippen molar-refractivity contribution in [3.63, 3.8) is 0 Å². The maximum Gasteiger partial charge on any atom is 0.253 e. The van der Waals surface area contributed by atoms with Gasteiger partial charge in [-0.25, -0.2) is 4.39 Å². The summed E-state index contributed by atoms with van der Waals surface area (Å²) in [6.07, 6.45) is 3.73. The molecule has 0 radical (unpaired) electrons. The van der Waals surface area contributed by atoms with Crippen LogP contribution in [0.3, 0.4) is 0 Å². The molecular weight excluding hydrogens is 321 g/mol. The standard InChI is InChI=1S/C19H22FN3O2/c1-13(2)7-8-22-18(24)15-9-16(12-21-11-15)19(25)23-10-14-3-5-17(20)6-4-14/h3-6,9,11-13H,7-8,10H2,1-2H3,(H,22,24)(H,23,25). The van der Waals surface area contributed by atoms with Gasteiger partial charge < -0.3 is 10.6 Å². The van der Waals surface area contributed by atoms with Crippen molar-refractivity contribution in [3.8, 4) is 0 Å². The number of pyridine rings is 1. The number of carbonyl (C=O) groups excluding carboxylic acids is 2. The van der Waals surface area contributed by atoms with E-state index in [0.29, 0.717) is 23.6 Å². The zero-order valence-corrected chi connectivity index (χ0v) is 14.4. The van der Waals surface area contributed by atoms with Crippen molar-refractivity contribution in [1.82, 2.24) is 15.6 Å². The topological polar surface area (TPSA) is 71.1 Å². The summed E-state index contributed by atoms with van der Waals surface area (Å²) in [5.74, 6) is -0.410. The lowest BCUT2D eigenvalue weighted by Gasteiger charge is -2.09. The van der Waals surface area contributed by atoms with Crippen LogP contribution in [0.2, 0.25) is 0 Å². The summed E-state index contributed by atoms with van der Waals surface area (Å²) in [5, 5.41) is 5.54. The molecule has 2 N–H and O–H groups in total. The summed E-state index contributed by atoms with van der Waals surface area (Å²) < 4.78 is 12.9. The van der Waals surface area contributed by atoms with Crippen LogP contribution in [-0.4, -0.2) is 23.3 Å². The Morgan fingerprint density at radius 2 is 1.64 bits per heavy atom. The molecule has 0 saturated heterocycles. The minimum Gasteiger partial charge on any atom is -0.352 e. The molecule has 0 aliphatic heterocycles. The molecule has 2 rings (SSSR count). The summed E-state index contributed by atoms with van der Waals surface area (Å²) in [5.41, 5.74) is 1.43. The highest BCUT2D eigenvalue weighted by Crippen LogP contribution is 2.06. The van der Waals surface area contributed by atoms with Crippen LogP contribution in [0.15, 0.2) is 42.7 Å². The Bertz CT molecular complexity index is 730. The Balaban J connectivity index is 1.93. The number of halogens is 1. The Kier molecular flexibility index (Phi) is 6.62. The molecule has 0 unspecified atom stereocenters. The van der Waals surface area contributed by atoms with E-state index < -0.39 is 0 Å². The van der Waals surface area contributed by atoms with E-state index in [1.165, 1.54) is 30.6 Å². The van der Waals surface area contributed by atoms with Crippen molar-refractivity contribution in [2.45, 2.75) is 26.8 Å². The third-order valence-corrected chi connectivity index (χ3v) is 3.64. The van der Waals surface area contributed by atoms with Crippen LogP contribution >= 0.6 is 0 Å². The summed E-state index contributed by atoms with van der Waals surface area (Å²) in [6, 6.07) is 7.40. The van der Waals surface area contributed by atoms with E-state index in [1.807, 2.05) is 0 Å². The molecule has 0 atom stereocenters. The minimum atomic E-state index is -0.339. The van der Waals surface area contributed by atoms with Crippen LogP contribution in [0.4, 0.5) is 4.39 Å². The molecule has 0 bridgehead atoms. The second-order valence-electron chi connectivity index (χ2n) is 6.21. The molecule has 0 aliphatic rings. The van der Waals surface area contributed by atoms with E-state index in [2.05, 4.69) is 29.5 Å². The van der Waals surface area contributed by atoms with E-state index in [1.54, 1.807) is 12.1 Å². The normalized spacial score (nSPS) is 10.6. The van der Waals surface area contributed by atoms with Crippen LogP contribution in [0.1, 0.15) is 46.5 Å². The Morgan fingerprint density at radius 3 is 2.24 bits per heavy atom. The van der Waals surface area contributed by atoms with Crippen molar-refractivity contribution in [2.24, 2.45) is 5.92 Å². The van der Waals surface area contributed by atoms with Crippen molar-refractivity contribution in [1.29, 1.82) is 0 Å². The van der Waals surface area contributed by atoms with Crippen molar-refractivity contribution in [2.75, 3.05) is 6.54 Å². The third-order valence-electron chi connectivity index (χ3n) is 3.64. The number of amides is 2. The summed E-state index contributed by atoms with van der Waals surface area (Å²) >= 11 is 0. The molecular formula is C19H22FN3O2. The number of rotatable bonds is 7. The first-order valence-corrected chi connectivity index (χ1v) is 8.21. The van der Waals surface area contributed by atoms with Crippen LogP contribution in [0.25, 0.3) is 0 Å². The Morgan fingerprint density at radius 1 is 1.04 bits per heavy atom. The number of hydrogen-bond donors (Lipinski definition) is 2. The van der Waals surface area contributed by atoms with Gasteiger partial charge in [0.1, 0.15) is 5.82 Å². The van der Waals surface area contributed by atoms with Gasteiger partial charge in [0, 0.05) is 25.5 Å². The fourth-order valence-corrected chi connectivity index (χ4v) is 2.15. The number of nitrogens with zero attached hydrogens (tertiary/aromatic N) is 1. The fraction of sp³-hybridized carbons (Fsp3) is 0.316. The Hall–Kier alpha value is -2.76. The molecule has 0 spiro atoms. The van der Waals surface area contributed by atoms with Gasteiger partial charge in [0.25, 0.3) is 11.8 Å². The van der Waals surface area contributed by atoms with Crippen molar-refractivity contribution < 1.29 is 14.0 Å². The molecule has 6 heteroatoms. The number of carbonyl (C=O) groups is 2. The molecule has 1 aromatic heterocycles. The first-order chi connectivity index (χ1) is 12.0. The van der Waals surface area contributed by atoms with Crippen LogP contribution in [-0.2, 0) is 6.54 Å². The number of nitrogens with one attached hydrogen (secondary N) is 2. The first-order valence-electron chi connectivity index (χ1n) is 8.21. The van der Waals surface area contributed by atoms with Gasteiger partial charge in [-0.3, -0.25) is 14.6 Å². The van der Waals surface area contributed by atoms with E-state index in [-0.39, 0.29) is 24.2 Å². The highest BCUT2D eigenvalue weighted by atomic mass is 19.1. The fourth-order valence-electron chi connectivity index (χ4n) is 2.15. The van der Waals surface area contributed by atoms with E-state index in [9.17, 15) is 14.0 Å². The summed E-state index contributed by atoms with van der Waals surface area (Å²) in [6.45, 7) is 5.01. The largest absolute Gasteiger partial charge is 0.352 e. The molecule has 0 saturated carbocycles. The lowest BCUT2D eigenvalue weighted by Crippen LogP contribution is -2.27. The van der Waals surface area contributed by atoms with Crippen LogP contribution in [0, 0.1) is 11.7 Å². The molecule has 2 amide bonds. The average Bonchev–Trinajstić information content (AvgIpc) is 2.60. The SMILES string of the molecule is CC(C)CCNC(=O)c1cncc(C(=O)NCc2ccc(F)cc2)c1. The molecule has 25 heavy (non-hydrogen) atoms. The second-order valence-corrected chi connectivity index (χ2v) is 6.21. The van der Waals surface area contributed by atoms with Gasteiger partial charge >= 0.3 is 0 Å². The van der Waals surface area contributed by atoms with E-state index in [0.717, 1.165) is 12.0 Å². The average molecular weight is 343 g/mol. The minimum absolute atomic E-state index is 0.249. The number of benzene rings is 1. The molecule has 1 aromatic carbocycles. The quantitative estimate of drug-likeness (QED) is 0.812. The zero-order chi connectivity index (χ0) is 18.2. The lowest BCUT2D eigenvalue weighted by molar-refractivity contribution is 0.0950. The van der Waals surface area contributed by atoms with Gasteiger partial charge in [-0.2, -0.15) is 0 Å². The predicted molar refractivity (Wildman–Crippen MR) is 93.6 cm³/mol. The van der Waals surface area contributed by atoms with Gasteiger partial charge in [-0.05, 0) is 36.1 Å². The van der Waals surface area contributed by atoms with Crippen LogP contribution in [0.5, 0.6) is 0 Å². The monoisotopic (exact) mass is 343 g/mol. The van der Waals surface area contributed by atoms with Gasteiger partial charge in [-0.15, -0.1) is 0 Å². The van der Waals surface area contributed by atoms with E-state index >= 15 is 0 Å². The molecule has 2 aromatic rings. The highest BCUT2D eigenvalue weighted by Gasteiger charge is 2.11. The van der Waals surface area contributed by atoms with Gasteiger partial charge in [0.05, 0.1) is 11.1 Å². The maximum atomic E-state index is 12.9. The first kappa shape index (κ1) is 18.6. The molecule has 1 heterocycles. The lowest BCUT2D eigenvalue weighted by atomic mass is 10.1. The molecule has 0 fully saturated rings. The molecule has 5 nitrogen and oxygen atoms in total. The smallest absolute Gasteiger partial charge is 0.253 e. The van der Waals surface area contributed by atoms with Gasteiger partial charge in [-0.1, -0.05) is 26.0 Å². The predicted octanol–water partition coefficient (Wildman–Crippen LogP) is 2.93. The third kappa shape index (κ3) is 5.99. The molecule has 132 valence electrons. The summed E-state index contributed by atoms with van der Waals surface area (Å²) in [7, 11) is 0. The number of hydrogen-bond acceptors (Lipinski definition) is 3.